The molecule has 0 radical (unpaired) electrons. The quantitative estimate of drug-likeness (QED) is 0.790. The Morgan fingerprint density at radius 3 is 2.62 bits per heavy atom. The topological polar surface area (TPSA) is 84.3 Å². The second-order valence-corrected chi connectivity index (χ2v) is 8.79. The monoisotopic (exact) mass is 354 g/mol. The van der Waals surface area contributed by atoms with E-state index in [1.54, 1.807) is 0 Å². The largest absolute Gasteiger partial charge is 0.343 e. The number of piperidine rings is 1. The van der Waals surface area contributed by atoms with Crippen LogP contribution in [0.4, 0.5) is 0 Å². The summed E-state index contributed by atoms with van der Waals surface area (Å²) in [4.78, 5) is 18.6. The van der Waals surface area contributed by atoms with Gasteiger partial charge in [-0.2, -0.15) is 0 Å². The number of likely N-dealkylation sites (tertiary alicyclic amines) is 1. The molecule has 3 rings (SSSR count). The number of carbonyl (C=O) groups is 1. The van der Waals surface area contributed by atoms with Gasteiger partial charge in [0.15, 0.2) is 0 Å². The van der Waals surface area contributed by atoms with E-state index >= 15 is 0 Å². The summed E-state index contributed by atoms with van der Waals surface area (Å²) in [6.45, 7) is 2.69. The fraction of sp³-hybridized carbons (Fsp3) is 0.750. The number of aromatic nitrogens is 2. The first-order chi connectivity index (χ1) is 11.4. The smallest absolute Gasteiger partial charge is 0.223 e. The molecule has 1 amide bonds. The standard InChI is InChI=1S/C16H26N4O3S/c1-24(22,23)18-7-4-15(21)19-9-5-14(6-10-19)16-17-8-11-20(16)12-13-2-3-13/h8,11,13-14,18H,2-7,9-10,12H2,1H3. The molecular formula is C16H26N4O3S. The van der Waals surface area contributed by atoms with Crippen molar-refractivity contribution >= 4 is 15.9 Å². The van der Waals surface area contributed by atoms with Crippen molar-refractivity contribution in [1.82, 2.24) is 19.2 Å². The Morgan fingerprint density at radius 2 is 2.00 bits per heavy atom. The molecule has 134 valence electrons. The highest BCUT2D eigenvalue weighted by Gasteiger charge is 2.28. The van der Waals surface area contributed by atoms with E-state index in [0.29, 0.717) is 5.92 Å². The van der Waals surface area contributed by atoms with Crippen LogP contribution >= 0.6 is 0 Å². The third-order valence-corrected chi connectivity index (χ3v) is 5.54. The SMILES string of the molecule is CS(=O)(=O)NCCC(=O)N1CCC(c2nccn2CC2CC2)CC1. The molecule has 1 aliphatic heterocycles. The molecule has 1 saturated carbocycles. The van der Waals surface area contributed by atoms with Gasteiger partial charge < -0.3 is 9.47 Å². The Morgan fingerprint density at radius 1 is 1.29 bits per heavy atom. The molecule has 0 atom stereocenters. The highest BCUT2D eigenvalue weighted by atomic mass is 32.2. The number of amides is 1. The molecule has 8 heteroatoms. The van der Waals surface area contributed by atoms with Gasteiger partial charge in [0.05, 0.1) is 6.26 Å². The summed E-state index contributed by atoms with van der Waals surface area (Å²) >= 11 is 0. The Hall–Kier alpha value is -1.41. The summed E-state index contributed by atoms with van der Waals surface area (Å²) in [5, 5.41) is 0. The first-order valence-electron chi connectivity index (χ1n) is 8.66. The predicted octanol–water partition coefficient (Wildman–Crippen LogP) is 0.938. The molecule has 1 aliphatic carbocycles. The lowest BCUT2D eigenvalue weighted by Gasteiger charge is -2.32. The zero-order chi connectivity index (χ0) is 17.2. The number of imidazole rings is 1. The van der Waals surface area contributed by atoms with Crippen LogP contribution in [0.15, 0.2) is 12.4 Å². The number of nitrogens with zero attached hydrogens (tertiary/aromatic N) is 3. The number of hydrogen-bond donors (Lipinski definition) is 1. The van der Waals surface area contributed by atoms with Crippen molar-refractivity contribution < 1.29 is 13.2 Å². The Balaban J connectivity index is 1.47. The van der Waals surface area contributed by atoms with Crippen molar-refractivity contribution in [3.05, 3.63) is 18.2 Å². The van der Waals surface area contributed by atoms with Crippen LogP contribution in [0.1, 0.15) is 43.8 Å². The number of hydrogen-bond acceptors (Lipinski definition) is 4. The summed E-state index contributed by atoms with van der Waals surface area (Å²) < 4.78 is 26.7. The summed E-state index contributed by atoms with van der Waals surface area (Å²) in [6.07, 6.45) is 9.77. The van der Waals surface area contributed by atoms with E-state index < -0.39 is 10.0 Å². The molecule has 1 N–H and O–H groups in total. The van der Waals surface area contributed by atoms with Crippen LogP contribution in [0.25, 0.3) is 0 Å². The van der Waals surface area contributed by atoms with E-state index in [4.69, 9.17) is 0 Å². The number of sulfonamides is 1. The van der Waals surface area contributed by atoms with Gasteiger partial charge in [0, 0.05) is 50.9 Å². The van der Waals surface area contributed by atoms with Gasteiger partial charge in [0.2, 0.25) is 15.9 Å². The average Bonchev–Trinajstić information content (AvgIpc) is 3.22. The van der Waals surface area contributed by atoms with E-state index in [1.807, 2.05) is 11.1 Å². The maximum atomic E-state index is 12.2. The lowest BCUT2D eigenvalue weighted by atomic mass is 9.95. The average molecular weight is 354 g/mol. The highest BCUT2D eigenvalue weighted by molar-refractivity contribution is 7.88. The van der Waals surface area contributed by atoms with Gasteiger partial charge in [-0.05, 0) is 31.6 Å². The van der Waals surface area contributed by atoms with Gasteiger partial charge in [-0.1, -0.05) is 0 Å². The van der Waals surface area contributed by atoms with Crippen LogP contribution in [-0.2, 0) is 21.4 Å². The van der Waals surface area contributed by atoms with E-state index in [0.717, 1.165) is 50.5 Å². The maximum Gasteiger partial charge on any atom is 0.223 e. The zero-order valence-corrected chi connectivity index (χ0v) is 15.0. The Labute approximate surface area is 143 Å². The van der Waals surface area contributed by atoms with Crippen molar-refractivity contribution in [2.24, 2.45) is 5.92 Å². The number of rotatable bonds is 7. The molecule has 1 saturated heterocycles. The second kappa shape index (κ2) is 7.23. The molecule has 1 aromatic rings. The molecule has 2 fully saturated rings. The Kier molecular flexibility index (Phi) is 5.24. The summed E-state index contributed by atoms with van der Waals surface area (Å²) in [5.74, 6) is 2.41. The van der Waals surface area contributed by atoms with Crippen molar-refractivity contribution in [3.8, 4) is 0 Å². The lowest BCUT2D eigenvalue weighted by Crippen LogP contribution is -2.39. The van der Waals surface area contributed by atoms with Crippen LogP contribution in [-0.4, -0.2) is 54.7 Å². The van der Waals surface area contributed by atoms with E-state index in [2.05, 4.69) is 20.5 Å². The third kappa shape index (κ3) is 4.80. The second-order valence-electron chi connectivity index (χ2n) is 6.95. The normalized spacial score (nSPS) is 19.6. The molecule has 0 bridgehead atoms. The van der Waals surface area contributed by atoms with E-state index in [1.165, 1.54) is 12.8 Å². The van der Waals surface area contributed by atoms with Gasteiger partial charge in [-0.25, -0.2) is 18.1 Å². The molecule has 0 unspecified atom stereocenters. The molecule has 0 aromatic carbocycles. The van der Waals surface area contributed by atoms with Crippen molar-refractivity contribution in [1.29, 1.82) is 0 Å². The van der Waals surface area contributed by atoms with Gasteiger partial charge in [-0.3, -0.25) is 4.79 Å². The summed E-state index contributed by atoms with van der Waals surface area (Å²) in [7, 11) is -3.23. The highest BCUT2D eigenvalue weighted by Crippen LogP contribution is 2.33. The Bertz CT molecular complexity index is 673. The first-order valence-corrected chi connectivity index (χ1v) is 10.5. The van der Waals surface area contributed by atoms with Crippen LogP contribution in [0.5, 0.6) is 0 Å². The van der Waals surface area contributed by atoms with Crippen molar-refractivity contribution in [2.45, 2.75) is 44.6 Å². The van der Waals surface area contributed by atoms with Crippen LogP contribution < -0.4 is 4.72 Å². The van der Waals surface area contributed by atoms with E-state index in [-0.39, 0.29) is 18.9 Å². The predicted molar refractivity (Wildman–Crippen MR) is 91.0 cm³/mol. The summed E-state index contributed by atoms with van der Waals surface area (Å²) in [6, 6.07) is 0. The molecule has 0 spiro atoms. The first kappa shape index (κ1) is 17.4. The van der Waals surface area contributed by atoms with Gasteiger partial charge in [0.1, 0.15) is 5.82 Å². The lowest BCUT2D eigenvalue weighted by molar-refractivity contribution is -0.132. The van der Waals surface area contributed by atoms with Crippen molar-refractivity contribution in [2.75, 3.05) is 25.9 Å². The van der Waals surface area contributed by atoms with Crippen LogP contribution in [0.3, 0.4) is 0 Å². The zero-order valence-electron chi connectivity index (χ0n) is 14.1. The molecule has 2 aliphatic rings. The summed E-state index contributed by atoms with van der Waals surface area (Å²) in [5.41, 5.74) is 0. The van der Waals surface area contributed by atoms with Crippen LogP contribution in [0, 0.1) is 5.92 Å². The van der Waals surface area contributed by atoms with Gasteiger partial charge in [0.25, 0.3) is 0 Å². The van der Waals surface area contributed by atoms with Crippen LogP contribution in [0.2, 0.25) is 0 Å². The minimum Gasteiger partial charge on any atom is -0.343 e. The minimum atomic E-state index is -3.23. The third-order valence-electron chi connectivity index (χ3n) is 4.82. The molecular weight excluding hydrogens is 328 g/mol. The van der Waals surface area contributed by atoms with Gasteiger partial charge in [-0.15, -0.1) is 0 Å². The van der Waals surface area contributed by atoms with E-state index in [9.17, 15) is 13.2 Å². The molecule has 7 nitrogen and oxygen atoms in total. The molecule has 1 aromatic heterocycles. The van der Waals surface area contributed by atoms with Gasteiger partial charge >= 0.3 is 0 Å². The minimum absolute atomic E-state index is 0.0194. The molecule has 2 heterocycles. The maximum absolute atomic E-state index is 12.2. The number of carbonyl (C=O) groups excluding carboxylic acids is 1. The molecule has 24 heavy (non-hydrogen) atoms. The number of nitrogens with one attached hydrogen (secondary N) is 1. The fourth-order valence-corrected chi connectivity index (χ4v) is 3.78. The fourth-order valence-electron chi connectivity index (χ4n) is 3.30. The van der Waals surface area contributed by atoms with Crippen molar-refractivity contribution in [3.63, 3.8) is 0 Å².